The zero-order valence-electron chi connectivity index (χ0n) is 9.59. The molecular formula is C12H20O2. The van der Waals surface area contributed by atoms with Gasteiger partial charge >= 0.3 is 5.97 Å². The van der Waals surface area contributed by atoms with Gasteiger partial charge in [0, 0.05) is 6.08 Å². The number of ether oxygens (including phenoxy) is 1. The molecule has 14 heavy (non-hydrogen) atoms. The van der Waals surface area contributed by atoms with E-state index >= 15 is 0 Å². The molecule has 0 saturated heterocycles. The Bertz CT molecular complexity index is 242. The van der Waals surface area contributed by atoms with Crippen molar-refractivity contribution in [2.75, 3.05) is 6.61 Å². The number of esters is 1. The van der Waals surface area contributed by atoms with Crippen molar-refractivity contribution in [1.82, 2.24) is 0 Å². The average Bonchev–Trinajstić information content (AvgIpc) is 2.81. The standard InChI is InChI=1S/C12H20O2/c1-9(12(2,3)4)7-11(13)14-8-10-5-6-10/h7,10H,5-6,8H2,1-4H3. The zero-order chi connectivity index (χ0) is 10.8. The molecule has 2 heteroatoms. The first-order valence-corrected chi connectivity index (χ1v) is 5.25. The fraction of sp³-hybridized carbons (Fsp3) is 0.750. The van der Waals surface area contributed by atoms with Crippen molar-refractivity contribution in [1.29, 1.82) is 0 Å². The second kappa shape index (κ2) is 4.16. The number of hydrogen-bond acceptors (Lipinski definition) is 2. The van der Waals surface area contributed by atoms with E-state index in [4.69, 9.17) is 4.74 Å². The Morgan fingerprint density at radius 3 is 2.43 bits per heavy atom. The Morgan fingerprint density at radius 1 is 1.43 bits per heavy atom. The van der Waals surface area contributed by atoms with Gasteiger partial charge in [-0.05, 0) is 31.1 Å². The summed E-state index contributed by atoms with van der Waals surface area (Å²) in [7, 11) is 0. The van der Waals surface area contributed by atoms with E-state index in [1.54, 1.807) is 6.08 Å². The topological polar surface area (TPSA) is 26.3 Å². The van der Waals surface area contributed by atoms with Crippen LogP contribution in [0.5, 0.6) is 0 Å². The largest absolute Gasteiger partial charge is 0.462 e. The molecule has 1 aliphatic carbocycles. The third-order valence-electron chi connectivity index (χ3n) is 2.68. The Balaban J connectivity index is 2.36. The second-order valence-corrected chi connectivity index (χ2v) is 5.15. The molecule has 0 atom stereocenters. The second-order valence-electron chi connectivity index (χ2n) is 5.15. The van der Waals surface area contributed by atoms with Gasteiger partial charge in [0.25, 0.3) is 0 Å². The van der Waals surface area contributed by atoms with Crippen LogP contribution in [0.3, 0.4) is 0 Å². The molecule has 0 bridgehead atoms. The zero-order valence-corrected chi connectivity index (χ0v) is 9.59. The molecule has 0 unspecified atom stereocenters. The summed E-state index contributed by atoms with van der Waals surface area (Å²) in [6.45, 7) is 8.85. The minimum atomic E-state index is -0.190. The average molecular weight is 196 g/mol. The van der Waals surface area contributed by atoms with Crippen molar-refractivity contribution >= 4 is 5.97 Å². The molecule has 0 radical (unpaired) electrons. The van der Waals surface area contributed by atoms with E-state index in [0.29, 0.717) is 12.5 Å². The number of carbonyl (C=O) groups is 1. The Kier molecular flexibility index (Phi) is 3.35. The molecule has 1 fully saturated rings. The molecule has 2 nitrogen and oxygen atoms in total. The van der Waals surface area contributed by atoms with Crippen molar-refractivity contribution in [3.8, 4) is 0 Å². The van der Waals surface area contributed by atoms with Crippen LogP contribution in [0.15, 0.2) is 11.6 Å². The highest BCUT2D eigenvalue weighted by Gasteiger charge is 2.23. The first-order chi connectivity index (χ1) is 6.39. The highest BCUT2D eigenvalue weighted by Crippen LogP contribution is 2.29. The van der Waals surface area contributed by atoms with Crippen molar-refractivity contribution in [2.45, 2.75) is 40.5 Å². The van der Waals surface area contributed by atoms with E-state index in [1.807, 2.05) is 6.92 Å². The number of rotatable bonds is 3. The Labute approximate surface area is 86.3 Å². The van der Waals surface area contributed by atoms with Crippen LogP contribution in [0.4, 0.5) is 0 Å². The van der Waals surface area contributed by atoms with Crippen LogP contribution in [0.1, 0.15) is 40.5 Å². The third-order valence-corrected chi connectivity index (χ3v) is 2.68. The van der Waals surface area contributed by atoms with Crippen LogP contribution >= 0.6 is 0 Å². The molecular weight excluding hydrogens is 176 g/mol. The monoisotopic (exact) mass is 196 g/mol. The first-order valence-electron chi connectivity index (χ1n) is 5.25. The van der Waals surface area contributed by atoms with Gasteiger partial charge in [0.15, 0.2) is 0 Å². The van der Waals surface area contributed by atoms with Crippen LogP contribution in [-0.2, 0) is 9.53 Å². The predicted molar refractivity (Wildman–Crippen MR) is 56.9 cm³/mol. The highest BCUT2D eigenvalue weighted by molar-refractivity contribution is 5.82. The normalized spacial score (nSPS) is 18.1. The van der Waals surface area contributed by atoms with Crippen molar-refractivity contribution in [3.63, 3.8) is 0 Å². The molecule has 0 N–H and O–H groups in total. The number of carbonyl (C=O) groups excluding carboxylic acids is 1. The molecule has 0 aromatic rings. The molecule has 1 saturated carbocycles. The fourth-order valence-corrected chi connectivity index (χ4v) is 0.919. The van der Waals surface area contributed by atoms with Crippen LogP contribution in [0.2, 0.25) is 0 Å². The molecule has 1 rings (SSSR count). The number of allylic oxidation sites excluding steroid dienone is 1. The summed E-state index contributed by atoms with van der Waals surface area (Å²) >= 11 is 0. The van der Waals surface area contributed by atoms with E-state index in [1.165, 1.54) is 12.8 Å². The molecule has 0 amide bonds. The molecule has 0 aliphatic heterocycles. The smallest absolute Gasteiger partial charge is 0.330 e. The molecule has 0 heterocycles. The van der Waals surface area contributed by atoms with E-state index in [-0.39, 0.29) is 11.4 Å². The predicted octanol–water partition coefficient (Wildman–Crippen LogP) is 2.93. The van der Waals surface area contributed by atoms with Gasteiger partial charge in [-0.1, -0.05) is 26.3 Å². The van der Waals surface area contributed by atoms with Crippen LogP contribution in [-0.4, -0.2) is 12.6 Å². The first kappa shape index (κ1) is 11.3. The third kappa shape index (κ3) is 3.95. The van der Waals surface area contributed by atoms with Crippen molar-refractivity contribution in [2.24, 2.45) is 11.3 Å². The van der Waals surface area contributed by atoms with Crippen molar-refractivity contribution < 1.29 is 9.53 Å². The lowest BCUT2D eigenvalue weighted by Gasteiger charge is -2.18. The Hall–Kier alpha value is -0.790. The summed E-state index contributed by atoms with van der Waals surface area (Å²) in [5.41, 5.74) is 1.12. The van der Waals surface area contributed by atoms with Gasteiger partial charge < -0.3 is 4.74 Å². The van der Waals surface area contributed by atoms with E-state index in [9.17, 15) is 4.79 Å². The minimum absolute atomic E-state index is 0.0542. The summed E-state index contributed by atoms with van der Waals surface area (Å²) in [6, 6.07) is 0. The van der Waals surface area contributed by atoms with Crippen LogP contribution < -0.4 is 0 Å². The van der Waals surface area contributed by atoms with Crippen LogP contribution in [0.25, 0.3) is 0 Å². The van der Waals surface area contributed by atoms with Gasteiger partial charge in [0.2, 0.25) is 0 Å². The van der Waals surface area contributed by atoms with E-state index in [2.05, 4.69) is 20.8 Å². The summed E-state index contributed by atoms with van der Waals surface area (Å²) in [4.78, 5) is 11.3. The maximum absolute atomic E-state index is 11.3. The minimum Gasteiger partial charge on any atom is -0.462 e. The highest BCUT2D eigenvalue weighted by atomic mass is 16.5. The van der Waals surface area contributed by atoms with E-state index < -0.39 is 0 Å². The molecule has 1 aliphatic rings. The summed E-state index contributed by atoms with van der Waals surface area (Å²) < 4.78 is 5.12. The van der Waals surface area contributed by atoms with Gasteiger partial charge in [-0.2, -0.15) is 0 Å². The maximum Gasteiger partial charge on any atom is 0.330 e. The molecule has 80 valence electrons. The molecule has 0 aromatic heterocycles. The quantitative estimate of drug-likeness (QED) is 0.512. The summed E-state index contributed by atoms with van der Waals surface area (Å²) in [6.07, 6.45) is 4.05. The fourth-order valence-electron chi connectivity index (χ4n) is 0.919. The molecule has 0 spiro atoms. The van der Waals surface area contributed by atoms with Gasteiger partial charge in [0.05, 0.1) is 6.61 Å². The lowest BCUT2D eigenvalue weighted by atomic mass is 9.87. The number of hydrogen-bond donors (Lipinski definition) is 0. The van der Waals surface area contributed by atoms with E-state index in [0.717, 1.165) is 5.57 Å². The van der Waals surface area contributed by atoms with Gasteiger partial charge in [-0.25, -0.2) is 4.79 Å². The maximum atomic E-state index is 11.3. The summed E-state index contributed by atoms with van der Waals surface area (Å²) in [5.74, 6) is 0.451. The van der Waals surface area contributed by atoms with Gasteiger partial charge in [-0.15, -0.1) is 0 Å². The van der Waals surface area contributed by atoms with Crippen LogP contribution in [0, 0.1) is 11.3 Å². The SMILES string of the molecule is CC(=CC(=O)OCC1CC1)C(C)(C)C. The van der Waals surface area contributed by atoms with Crippen molar-refractivity contribution in [3.05, 3.63) is 11.6 Å². The summed E-state index contributed by atoms with van der Waals surface area (Å²) in [5, 5.41) is 0. The molecule has 0 aromatic carbocycles. The lowest BCUT2D eigenvalue weighted by molar-refractivity contribution is -0.138. The van der Waals surface area contributed by atoms with Gasteiger partial charge in [0.1, 0.15) is 0 Å². The Morgan fingerprint density at radius 2 is 2.00 bits per heavy atom. The lowest BCUT2D eigenvalue weighted by Crippen LogP contribution is -2.11. The van der Waals surface area contributed by atoms with Gasteiger partial charge in [-0.3, -0.25) is 0 Å².